The van der Waals surface area contributed by atoms with Crippen molar-refractivity contribution in [3.63, 3.8) is 0 Å². The number of halogens is 1. The van der Waals surface area contributed by atoms with Gasteiger partial charge in [-0.3, -0.25) is 0 Å². The van der Waals surface area contributed by atoms with Crippen molar-refractivity contribution < 1.29 is 14.0 Å². The van der Waals surface area contributed by atoms with Crippen molar-refractivity contribution >= 4 is 19.9 Å². The lowest BCUT2D eigenvalue weighted by Gasteiger charge is -2.38. The van der Waals surface area contributed by atoms with E-state index in [1.165, 1.54) is 63.4 Å². The fraction of sp³-hybridized carbons (Fsp3) is 0.556. The van der Waals surface area contributed by atoms with Crippen LogP contribution in [-0.4, -0.2) is 18.0 Å². The molecule has 2 aromatic rings. The molecule has 6 heteroatoms. The third-order valence-electron chi connectivity index (χ3n) is 6.94. The third kappa shape index (κ3) is 8.77. The van der Waals surface area contributed by atoms with Gasteiger partial charge in [0.15, 0.2) is 0 Å². The van der Waals surface area contributed by atoms with E-state index in [1.54, 1.807) is 5.56 Å². The van der Waals surface area contributed by atoms with E-state index in [4.69, 9.17) is 16.5 Å². The second kappa shape index (κ2) is 14.2. The van der Waals surface area contributed by atoms with Gasteiger partial charge in [-0.2, -0.15) is 0 Å². The van der Waals surface area contributed by atoms with E-state index < -0.39 is 8.25 Å². The zero-order valence-electron chi connectivity index (χ0n) is 19.6. The number of rotatable bonds is 14. The van der Waals surface area contributed by atoms with Gasteiger partial charge in [0.05, 0.1) is 0 Å². The Labute approximate surface area is 205 Å². The van der Waals surface area contributed by atoms with Crippen molar-refractivity contribution in [2.75, 3.05) is 13.2 Å². The van der Waals surface area contributed by atoms with Crippen molar-refractivity contribution in [3.05, 3.63) is 70.2 Å². The first-order valence-electron chi connectivity index (χ1n) is 12.4. The number of nitrogens with one attached hydrogen (secondary N) is 1. The monoisotopic (exact) mass is 490 g/mol. The minimum absolute atomic E-state index is 0.283. The first-order chi connectivity index (χ1) is 16.1. The van der Waals surface area contributed by atoms with Gasteiger partial charge in [0.25, 0.3) is 0 Å². The Morgan fingerprint density at radius 3 is 2.52 bits per heavy atom. The predicted octanol–water partition coefficient (Wildman–Crippen LogP) is 7.49. The van der Waals surface area contributed by atoms with Crippen LogP contribution >= 0.6 is 19.9 Å². The summed E-state index contributed by atoms with van der Waals surface area (Å²) in [6, 6.07) is 17.6. The van der Waals surface area contributed by atoms with Crippen molar-refractivity contribution in [1.29, 1.82) is 0 Å². The Hall–Kier alpha value is -1.29. The number of hydrogen-bond acceptors (Lipinski definition) is 3. The van der Waals surface area contributed by atoms with Crippen LogP contribution in [0.25, 0.3) is 0 Å². The van der Waals surface area contributed by atoms with Gasteiger partial charge in [-0.25, -0.2) is 0 Å². The maximum atomic E-state index is 10.5. The molecule has 0 radical (unpaired) electrons. The van der Waals surface area contributed by atoms with Crippen LogP contribution in [0, 0.1) is 0 Å². The van der Waals surface area contributed by atoms with E-state index in [1.807, 2.05) is 0 Å². The Morgan fingerprint density at radius 2 is 1.79 bits per heavy atom. The van der Waals surface area contributed by atoms with E-state index in [9.17, 15) is 4.57 Å². The van der Waals surface area contributed by atoms with Crippen molar-refractivity contribution in [3.8, 4) is 0 Å². The Morgan fingerprint density at radius 1 is 1.00 bits per heavy atom. The Balaban J connectivity index is 1.38. The van der Waals surface area contributed by atoms with Crippen LogP contribution in [0.1, 0.15) is 80.9 Å². The molecule has 0 bridgehead atoms. The number of hydrogen-bond donors (Lipinski definition) is 2. The first-order valence-corrected chi connectivity index (χ1v) is 13.9. The highest BCUT2D eigenvalue weighted by Gasteiger charge is 2.32. The van der Waals surface area contributed by atoms with Gasteiger partial charge in [-0.05, 0) is 73.2 Å². The van der Waals surface area contributed by atoms with Crippen LogP contribution in [0.3, 0.4) is 0 Å². The van der Waals surface area contributed by atoms with Crippen molar-refractivity contribution in [2.45, 2.75) is 82.6 Å². The van der Waals surface area contributed by atoms with Gasteiger partial charge < -0.3 is 5.32 Å². The van der Waals surface area contributed by atoms with Crippen LogP contribution in [0.5, 0.6) is 0 Å². The van der Waals surface area contributed by atoms with E-state index in [2.05, 4.69) is 58.4 Å². The molecule has 1 aliphatic carbocycles. The molecule has 1 fully saturated rings. The van der Waals surface area contributed by atoms with Gasteiger partial charge in [0, 0.05) is 16.1 Å². The predicted molar refractivity (Wildman–Crippen MR) is 137 cm³/mol. The van der Waals surface area contributed by atoms with Crippen LogP contribution in [0.15, 0.2) is 48.5 Å². The van der Waals surface area contributed by atoms with Crippen molar-refractivity contribution in [2.24, 2.45) is 0 Å². The number of unbranched alkanes of at least 4 members (excludes halogenated alkanes) is 2. The summed E-state index contributed by atoms with van der Waals surface area (Å²) < 4.78 is 15.1. The van der Waals surface area contributed by atoms with Gasteiger partial charge in [0.2, 0.25) is 0 Å². The SMILES string of the molecule is O=[P+](O)OCCCNCc1ccc(CCCCCC2(c3ccccc3)CCCCC2)c(Cl)c1. The fourth-order valence-corrected chi connectivity index (χ4v) is 5.72. The summed E-state index contributed by atoms with van der Waals surface area (Å²) in [6.07, 6.45) is 13.5. The molecule has 0 saturated heterocycles. The fourth-order valence-electron chi connectivity index (χ4n) is 5.13. The molecule has 0 heterocycles. The second-order valence-electron chi connectivity index (χ2n) is 9.29. The van der Waals surface area contributed by atoms with Gasteiger partial charge in [0.1, 0.15) is 6.61 Å². The quantitative estimate of drug-likeness (QED) is 0.213. The number of benzene rings is 2. The van der Waals surface area contributed by atoms with E-state index >= 15 is 0 Å². The van der Waals surface area contributed by atoms with Crippen LogP contribution < -0.4 is 5.32 Å². The average molecular weight is 491 g/mol. The zero-order chi connectivity index (χ0) is 23.4. The molecule has 33 heavy (non-hydrogen) atoms. The molecule has 0 amide bonds. The van der Waals surface area contributed by atoms with Crippen LogP contribution in [-0.2, 0) is 27.5 Å². The largest absolute Gasteiger partial charge is 0.694 e. The third-order valence-corrected chi connectivity index (χ3v) is 7.70. The molecule has 0 aliphatic heterocycles. The molecule has 180 valence electrons. The standard InChI is InChI=1S/C27H37ClNO3P/c28-26-21-23(22-29-19-10-20-32-33(30)31)14-15-24(26)11-4-2-7-16-27(17-8-3-9-18-27)25-12-5-1-6-13-25/h1,5-6,12-15,21,29H,2-4,7-11,16-20,22H2/p+1. The molecule has 2 N–H and O–H groups in total. The maximum Gasteiger partial charge on any atom is 0.694 e. The van der Waals surface area contributed by atoms with Crippen LogP contribution in [0.2, 0.25) is 5.02 Å². The van der Waals surface area contributed by atoms with Gasteiger partial charge >= 0.3 is 8.25 Å². The Kier molecular flexibility index (Phi) is 11.3. The first kappa shape index (κ1) is 26.3. The smallest absolute Gasteiger partial charge is 0.313 e. The molecular weight excluding hydrogens is 453 g/mol. The molecule has 4 nitrogen and oxygen atoms in total. The lowest BCUT2D eigenvalue weighted by Crippen LogP contribution is -2.29. The molecule has 1 saturated carbocycles. The summed E-state index contributed by atoms with van der Waals surface area (Å²) in [7, 11) is -2.49. The summed E-state index contributed by atoms with van der Waals surface area (Å²) in [5.41, 5.74) is 4.33. The highest BCUT2D eigenvalue weighted by Crippen LogP contribution is 2.43. The number of aryl methyl sites for hydroxylation is 1. The topological polar surface area (TPSA) is 58.6 Å². The highest BCUT2D eigenvalue weighted by molar-refractivity contribution is 7.32. The highest BCUT2D eigenvalue weighted by atomic mass is 35.5. The summed E-state index contributed by atoms with van der Waals surface area (Å²) in [5.74, 6) is 0. The minimum Gasteiger partial charge on any atom is -0.313 e. The van der Waals surface area contributed by atoms with E-state index in [0.717, 1.165) is 30.1 Å². The normalized spacial score (nSPS) is 16.0. The Bertz CT molecular complexity index is 856. The molecule has 3 rings (SSSR count). The minimum atomic E-state index is -2.49. The summed E-state index contributed by atoms with van der Waals surface area (Å²) in [5, 5.41) is 4.16. The molecule has 2 aromatic carbocycles. The zero-order valence-corrected chi connectivity index (χ0v) is 21.3. The summed E-state index contributed by atoms with van der Waals surface area (Å²) in [6.45, 7) is 1.74. The van der Waals surface area contributed by atoms with Gasteiger partial charge in [-0.1, -0.05) is 86.2 Å². The lowest BCUT2D eigenvalue weighted by molar-refractivity contribution is 0.265. The molecule has 1 aliphatic rings. The summed E-state index contributed by atoms with van der Waals surface area (Å²) in [4.78, 5) is 8.61. The van der Waals surface area contributed by atoms with Crippen LogP contribution in [0.4, 0.5) is 0 Å². The molecule has 1 unspecified atom stereocenters. The molecule has 1 atom stereocenters. The molecule has 0 aromatic heterocycles. The van der Waals surface area contributed by atoms with Crippen molar-refractivity contribution in [1.82, 2.24) is 5.32 Å². The maximum absolute atomic E-state index is 10.5. The molecular formula is C27H38ClNO3P+. The van der Waals surface area contributed by atoms with Gasteiger partial charge in [-0.15, -0.1) is 9.42 Å². The average Bonchev–Trinajstić information content (AvgIpc) is 2.83. The second-order valence-corrected chi connectivity index (χ2v) is 10.4. The van der Waals surface area contributed by atoms with E-state index in [0.29, 0.717) is 11.8 Å². The lowest BCUT2D eigenvalue weighted by atomic mass is 9.66. The molecule has 0 spiro atoms. The summed E-state index contributed by atoms with van der Waals surface area (Å²) >= 11 is 6.56. The van der Waals surface area contributed by atoms with E-state index in [-0.39, 0.29) is 6.61 Å².